The zero-order valence-corrected chi connectivity index (χ0v) is 14.5. The Labute approximate surface area is 133 Å². The number of halogens is 1. The highest BCUT2D eigenvalue weighted by molar-refractivity contribution is 9.10. The van der Waals surface area contributed by atoms with Gasteiger partial charge in [-0.2, -0.15) is 0 Å². The van der Waals surface area contributed by atoms with Gasteiger partial charge in [0, 0.05) is 16.6 Å². The number of amides is 1. The molecule has 0 atom stereocenters. The number of hydrogen-bond acceptors (Lipinski definition) is 4. The highest BCUT2D eigenvalue weighted by atomic mass is 79.9. The Morgan fingerprint density at radius 3 is 2.38 bits per heavy atom. The molecular weight excluding hydrogens is 338 g/mol. The summed E-state index contributed by atoms with van der Waals surface area (Å²) < 4.78 is 10.9. The van der Waals surface area contributed by atoms with Crippen LogP contribution in [0.2, 0.25) is 0 Å². The van der Waals surface area contributed by atoms with Crippen molar-refractivity contribution in [3.05, 3.63) is 27.7 Å². The van der Waals surface area contributed by atoms with E-state index in [2.05, 4.69) is 21.2 Å². The van der Waals surface area contributed by atoms with Gasteiger partial charge in [0.1, 0.15) is 5.75 Å². The molecule has 5 nitrogen and oxygen atoms in total. The Kier molecular flexibility index (Phi) is 5.78. The smallest absolute Gasteiger partial charge is 0.315 e. The van der Waals surface area contributed by atoms with E-state index in [1.165, 1.54) is 14.2 Å². The normalized spacial score (nSPS) is 11.0. The molecule has 0 unspecified atom stereocenters. The SMILES string of the molecule is CCNC(=O)c1cc(Br)cc(C(C)(C)C(=O)OC)c1OC. The largest absolute Gasteiger partial charge is 0.496 e. The lowest BCUT2D eigenvalue weighted by atomic mass is 9.83. The van der Waals surface area contributed by atoms with E-state index in [1.54, 1.807) is 26.0 Å². The number of ether oxygens (including phenoxy) is 2. The fourth-order valence-electron chi connectivity index (χ4n) is 2.07. The van der Waals surface area contributed by atoms with Crippen molar-refractivity contribution in [1.82, 2.24) is 5.32 Å². The van der Waals surface area contributed by atoms with Crippen molar-refractivity contribution < 1.29 is 19.1 Å². The molecule has 116 valence electrons. The van der Waals surface area contributed by atoms with E-state index in [0.717, 1.165) is 0 Å². The number of nitrogens with one attached hydrogen (secondary N) is 1. The quantitative estimate of drug-likeness (QED) is 0.822. The van der Waals surface area contributed by atoms with Crippen LogP contribution in [0.1, 0.15) is 36.7 Å². The van der Waals surface area contributed by atoms with Crippen LogP contribution in [-0.2, 0) is 14.9 Å². The van der Waals surface area contributed by atoms with Crippen LogP contribution in [0.3, 0.4) is 0 Å². The van der Waals surface area contributed by atoms with Crippen LogP contribution in [0.4, 0.5) is 0 Å². The molecular formula is C15H20BrNO4. The van der Waals surface area contributed by atoms with E-state index < -0.39 is 11.4 Å². The van der Waals surface area contributed by atoms with Crippen molar-refractivity contribution in [2.45, 2.75) is 26.2 Å². The molecule has 0 aromatic heterocycles. The monoisotopic (exact) mass is 357 g/mol. The standard InChI is InChI=1S/C15H20BrNO4/c1-6-17-13(18)10-7-9(16)8-11(12(10)20-4)15(2,3)14(19)21-5/h7-8H,6H2,1-5H3,(H,17,18). The first-order valence-corrected chi connectivity index (χ1v) is 7.33. The summed E-state index contributed by atoms with van der Waals surface area (Å²) in [5.41, 5.74) is 0.0265. The van der Waals surface area contributed by atoms with Gasteiger partial charge in [-0.15, -0.1) is 0 Å². The number of carbonyl (C=O) groups is 2. The van der Waals surface area contributed by atoms with E-state index in [9.17, 15) is 9.59 Å². The second-order valence-electron chi connectivity index (χ2n) is 5.01. The third-order valence-electron chi connectivity index (χ3n) is 3.21. The Bertz CT molecular complexity index is 555. The molecule has 0 bridgehead atoms. The minimum Gasteiger partial charge on any atom is -0.496 e. The average molecular weight is 358 g/mol. The average Bonchev–Trinajstić information content (AvgIpc) is 2.45. The first kappa shape index (κ1) is 17.5. The van der Waals surface area contributed by atoms with Gasteiger partial charge < -0.3 is 14.8 Å². The summed E-state index contributed by atoms with van der Waals surface area (Å²) in [6, 6.07) is 3.43. The summed E-state index contributed by atoms with van der Waals surface area (Å²) in [4.78, 5) is 24.2. The number of rotatable bonds is 5. The summed E-state index contributed by atoms with van der Waals surface area (Å²) in [5, 5.41) is 2.73. The van der Waals surface area contributed by atoms with Gasteiger partial charge in [-0.3, -0.25) is 9.59 Å². The third-order valence-corrected chi connectivity index (χ3v) is 3.67. The third kappa shape index (κ3) is 3.56. The molecule has 0 radical (unpaired) electrons. The molecule has 1 N–H and O–H groups in total. The molecule has 1 aromatic rings. The molecule has 0 saturated heterocycles. The predicted molar refractivity (Wildman–Crippen MR) is 83.7 cm³/mol. The second kappa shape index (κ2) is 6.93. The molecule has 0 aliphatic carbocycles. The number of benzene rings is 1. The van der Waals surface area contributed by atoms with Gasteiger partial charge in [-0.05, 0) is 32.9 Å². The lowest BCUT2D eigenvalue weighted by molar-refractivity contribution is -0.146. The van der Waals surface area contributed by atoms with Gasteiger partial charge in [0.15, 0.2) is 0 Å². The van der Waals surface area contributed by atoms with E-state index in [-0.39, 0.29) is 5.91 Å². The number of methoxy groups -OCH3 is 2. The predicted octanol–water partition coefficient (Wildman–Crippen LogP) is 2.66. The van der Waals surface area contributed by atoms with Crippen LogP contribution in [0.5, 0.6) is 5.75 Å². The minimum absolute atomic E-state index is 0.252. The first-order chi connectivity index (χ1) is 9.79. The molecule has 0 spiro atoms. The van der Waals surface area contributed by atoms with E-state index in [4.69, 9.17) is 9.47 Å². The maximum atomic E-state index is 12.2. The number of hydrogen-bond donors (Lipinski definition) is 1. The fraction of sp³-hybridized carbons (Fsp3) is 0.467. The number of carbonyl (C=O) groups excluding carboxylic acids is 2. The molecule has 1 rings (SSSR count). The zero-order valence-electron chi connectivity index (χ0n) is 12.9. The molecule has 6 heteroatoms. The molecule has 0 heterocycles. The number of esters is 1. The summed E-state index contributed by atoms with van der Waals surface area (Å²) in [6.07, 6.45) is 0. The van der Waals surface area contributed by atoms with Gasteiger partial charge in [-0.25, -0.2) is 0 Å². The summed E-state index contributed by atoms with van der Waals surface area (Å²) in [5.74, 6) is -0.280. The highest BCUT2D eigenvalue weighted by Gasteiger charge is 2.35. The van der Waals surface area contributed by atoms with Crippen LogP contribution in [0.25, 0.3) is 0 Å². The summed E-state index contributed by atoms with van der Waals surface area (Å²) >= 11 is 3.37. The Morgan fingerprint density at radius 1 is 1.29 bits per heavy atom. The van der Waals surface area contributed by atoms with E-state index in [1.807, 2.05) is 6.92 Å². The molecule has 1 amide bonds. The Morgan fingerprint density at radius 2 is 1.90 bits per heavy atom. The Hall–Kier alpha value is -1.56. The van der Waals surface area contributed by atoms with E-state index in [0.29, 0.717) is 27.9 Å². The van der Waals surface area contributed by atoms with Crippen LogP contribution in [0.15, 0.2) is 16.6 Å². The van der Waals surface area contributed by atoms with Gasteiger partial charge in [0.2, 0.25) is 0 Å². The van der Waals surface area contributed by atoms with Crippen molar-refractivity contribution in [3.8, 4) is 5.75 Å². The maximum absolute atomic E-state index is 12.2. The highest BCUT2D eigenvalue weighted by Crippen LogP contribution is 2.37. The van der Waals surface area contributed by atoms with Gasteiger partial charge in [-0.1, -0.05) is 15.9 Å². The van der Waals surface area contributed by atoms with Crippen LogP contribution in [0, 0.1) is 0 Å². The first-order valence-electron chi connectivity index (χ1n) is 6.54. The molecule has 0 fully saturated rings. The maximum Gasteiger partial charge on any atom is 0.315 e. The molecule has 0 aliphatic heterocycles. The van der Waals surface area contributed by atoms with Crippen molar-refractivity contribution in [1.29, 1.82) is 0 Å². The second-order valence-corrected chi connectivity index (χ2v) is 5.93. The van der Waals surface area contributed by atoms with Gasteiger partial charge in [0.25, 0.3) is 5.91 Å². The lowest BCUT2D eigenvalue weighted by Crippen LogP contribution is -2.32. The topological polar surface area (TPSA) is 64.6 Å². The van der Waals surface area contributed by atoms with Crippen LogP contribution < -0.4 is 10.1 Å². The molecule has 0 saturated carbocycles. The van der Waals surface area contributed by atoms with Crippen molar-refractivity contribution in [2.75, 3.05) is 20.8 Å². The molecule has 1 aromatic carbocycles. The Balaban J connectivity index is 3.53. The molecule has 21 heavy (non-hydrogen) atoms. The fourth-order valence-corrected chi connectivity index (χ4v) is 2.53. The zero-order chi connectivity index (χ0) is 16.2. The van der Waals surface area contributed by atoms with Crippen molar-refractivity contribution >= 4 is 27.8 Å². The van der Waals surface area contributed by atoms with Crippen molar-refractivity contribution in [2.24, 2.45) is 0 Å². The summed E-state index contributed by atoms with van der Waals surface area (Å²) in [6.45, 7) is 5.79. The summed E-state index contributed by atoms with van der Waals surface area (Å²) in [7, 11) is 2.81. The van der Waals surface area contributed by atoms with E-state index >= 15 is 0 Å². The van der Waals surface area contributed by atoms with Crippen LogP contribution >= 0.6 is 15.9 Å². The van der Waals surface area contributed by atoms with Gasteiger partial charge in [0.05, 0.1) is 25.2 Å². The van der Waals surface area contributed by atoms with Crippen LogP contribution in [-0.4, -0.2) is 32.6 Å². The lowest BCUT2D eigenvalue weighted by Gasteiger charge is -2.25. The van der Waals surface area contributed by atoms with Gasteiger partial charge >= 0.3 is 5.97 Å². The van der Waals surface area contributed by atoms with Crippen molar-refractivity contribution in [3.63, 3.8) is 0 Å². The minimum atomic E-state index is -0.939. The molecule has 0 aliphatic rings.